The van der Waals surface area contributed by atoms with E-state index >= 15 is 0 Å². The lowest BCUT2D eigenvalue weighted by molar-refractivity contribution is -0.384. The van der Waals surface area contributed by atoms with Gasteiger partial charge in [-0.1, -0.05) is 54.6 Å². The highest BCUT2D eigenvalue weighted by Crippen LogP contribution is 2.40. The maximum Gasteiger partial charge on any atom is 0.295 e. The molecule has 0 saturated carbocycles. The van der Waals surface area contributed by atoms with Crippen LogP contribution in [-0.2, 0) is 0 Å². The van der Waals surface area contributed by atoms with Crippen LogP contribution >= 0.6 is 0 Å². The molecule has 4 aromatic carbocycles. The van der Waals surface area contributed by atoms with Crippen molar-refractivity contribution in [3.05, 3.63) is 83.0 Å². The third kappa shape index (κ3) is 1.91. The van der Waals surface area contributed by atoms with E-state index in [9.17, 15) is 10.1 Å². The SMILES string of the molecule is O=[N+]([O-])c1cccnc1-c1ccc2ccc3cccc4ccc1c2c34. The molecule has 0 spiro atoms. The number of nitro groups is 1. The predicted octanol–water partition coefficient (Wildman–Crippen LogP) is 5.55. The minimum Gasteiger partial charge on any atom is -0.258 e. The molecule has 4 nitrogen and oxygen atoms in total. The summed E-state index contributed by atoms with van der Waals surface area (Å²) in [6, 6.07) is 21.6. The van der Waals surface area contributed by atoms with Crippen LogP contribution in [0.2, 0.25) is 0 Å². The van der Waals surface area contributed by atoms with Gasteiger partial charge < -0.3 is 0 Å². The first kappa shape index (κ1) is 13.9. The van der Waals surface area contributed by atoms with Crippen LogP contribution in [0.15, 0.2) is 72.9 Å². The van der Waals surface area contributed by atoms with Crippen molar-refractivity contribution < 1.29 is 4.92 Å². The molecule has 0 amide bonds. The molecule has 118 valence electrons. The van der Waals surface area contributed by atoms with Crippen LogP contribution < -0.4 is 0 Å². The molecule has 0 fully saturated rings. The van der Waals surface area contributed by atoms with E-state index in [-0.39, 0.29) is 10.6 Å². The molecule has 0 radical (unpaired) electrons. The van der Waals surface area contributed by atoms with Crippen LogP contribution in [0.4, 0.5) is 5.69 Å². The van der Waals surface area contributed by atoms with Crippen molar-refractivity contribution >= 4 is 38.0 Å². The lowest BCUT2D eigenvalue weighted by Crippen LogP contribution is -1.95. The Bertz CT molecular complexity index is 1260. The number of aromatic nitrogens is 1. The van der Waals surface area contributed by atoms with Crippen molar-refractivity contribution in [1.29, 1.82) is 0 Å². The molecule has 0 aliphatic rings. The van der Waals surface area contributed by atoms with E-state index in [0.717, 1.165) is 21.7 Å². The minimum absolute atomic E-state index is 0.0255. The van der Waals surface area contributed by atoms with Crippen LogP contribution in [-0.4, -0.2) is 9.91 Å². The van der Waals surface area contributed by atoms with E-state index < -0.39 is 0 Å². The van der Waals surface area contributed by atoms with Crippen molar-refractivity contribution in [3.8, 4) is 11.3 Å². The van der Waals surface area contributed by atoms with Gasteiger partial charge in [-0.15, -0.1) is 0 Å². The van der Waals surface area contributed by atoms with Crippen LogP contribution in [0.3, 0.4) is 0 Å². The Morgan fingerprint density at radius 3 is 2.20 bits per heavy atom. The molecule has 0 bridgehead atoms. The van der Waals surface area contributed by atoms with Gasteiger partial charge in [0.05, 0.1) is 4.92 Å². The molecule has 0 atom stereocenters. The van der Waals surface area contributed by atoms with E-state index in [0.29, 0.717) is 5.69 Å². The van der Waals surface area contributed by atoms with Gasteiger partial charge >= 0.3 is 0 Å². The van der Waals surface area contributed by atoms with E-state index in [1.807, 2.05) is 24.3 Å². The summed E-state index contributed by atoms with van der Waals surface area (Å²) in [6.45, 7) is 0. The highest BCUT2D eigenvalue weighted by Gasteiger charge is 2.19. The zero-order valence-electron chi connectivity index (χ0n) is 13.1. The van der Waals surface area contributed by atoms with Crippen molar-refractivity contribution in [3.63, 3.8) is 0 Å². The van der Waals surface area contributed by atoms with Crippen molar-refractivity contribution in [2.45, 2.75) is 0 Å². The number of nitrogens with zero attached hydrogens (tertiary/aromatic N) is 2. The zero-order chi connectivity index (χ0) is 17.0. The molecule has 5 rings (SSSR count). The number of benzene rings is 4. The molecule has 0 aliphatic carbocycles. The molecule has 5 aromatic rings. The maximum absolute atomic E-state index is 11.4. The Hall–Kier alpha value is -3.53. The van der Waals surface area contributed by atoms with Gasteiger partial charge in [0.1, 0.15) is 5.69 Å². The van der Waals surface area contributed by atoms with Gasteiger partial charge in [0.15, 0.2) is 0 Å². The summed E-state index contributed by atoms with van der Waals surface area (Å²) in [5, 5.41) is 18.2. The predicted molar refractivity (Wildman–Crippen MR) is 100 cm³/mol. The summed E-state index contributed by atoms with van der Waals surface area (Å²) in [7, 11) is 0. The smallest absolute Gasteiger partial charge is 0.258 e. The molecule has 0 N–H and O–H groups in total. The Labute approximate surface area is 142 Å². The summed E-state index contributed by atoms with van der Waals surface area (Å²) in [5.41, 5.74) is 1.22. The van der Waals surface area contributed by atoms with Crippen LogP contribution in [0, 0.1) is 10.1 Å². The molecule has 1 aromatic heterocycles. The fourth-order valence-electron chi connectivity index (χ4n) is 3.69. The van der Waals surface area contributed by atoms with E-state index in [1.54, 1.807) is 12.3 Å². The van der Waals surface area contributed by atoms with E-state index in [2.05, 4.69) is 35.3 Å². The van der Waals surface area contributed by atoms with Gasteiger partial charge in [-0.3, -0.25) is 10.1 Å². The van der Waals surface area contributed by atoms with Crippen molar-refractivity contribution in [2.24, 2.45) is 0 Å². The topological polar surface area (TPSA) is 56.0 Å². The van der Waals surface area contributed by atoms with Crippen LogP contribution in [0.1, 0.15) is 0 Å². The molecule has 1 heterocycles. The van der Waals surface area contributed by atoms with E-state index in [1.165, 1.54) is 22.2 Å². The first-order chi connectivity index (χ1) is 12.2. The Morgan fingerprint density at radius 2 is 1.44 bits per heavy atom. The quantitative estimate of drug-likeness (QED) is 0.243. The van der Waals surface area contributed by atoms with Crippen molar-refractivity contribution in [1.82, 2.24) is 4.98 Å². The molecule has 0 aliphatic heterocycles. The molecular weight excluding hydrogens is 312 g/mol. The Balaban J connectivity index is 1.97. The molecular formula is C21H12N2O2. The average Bonchev–Trinajstić information content (AvgIpc) is 2.66. The molecule has 4 heteroatoms. The highest BCUT2D eigenvalue weighted by molar-refractivity contribution is 6.25. The summed E-state index contributed by atoms with van der Waals surface area (Å²) in [6.07, 6.45) is 1.60. The Morgan fingerprint density at radius 1 is 0.760 bits per heavy atom. The Kier molecular flexibility index (Phi) is 2.76. The average molecular weight is 324 g/mol. The third-order valence-electron chi connectivity index (χ3n) is 4.77. The van der Waals surface area contributed by atoms with Crippen molar-refractivity contribution in [2.75, 3.05) is 0 Å². The lowest BCUT2D eigenvalue weighted by Gasteiger charge is -2.13. The third-order valence-corrected chi connectivity index (χ3v) is 4.77. The van der Waals surface area contributed by atoms with Gasteiger partial charge in [-0.2, -0.15) is 0 Å². The minimum atomic E-state index is -0.375. The first-order valence-corrected chi connectivity index (χ1v) is 8.00. The summed E-state index contributed by atoms with van der Waals surface area (Å²) in [5.74, 6) is 0. The summed E-state index contributed by atoms with van der Waals surface area (Å²) >= 11 is 0. The van der Waals surface area contributed by atoms with Gasteiger partial charge in [-0.05, 0) is 38.4 Å². The monoisotopic (exact) mass is 324 g/mol. The van der Waals surface area contributed by atoms with Gasteiger partial charge in [0, 0.05) is 17.8 Å². The van der Waals surface area contributed by atoms with Gasteiger partial charge in [-0.25, -0.2) is 4.98 Å². The van der Waals surface area contributed by atoms with Crippen LogP contribution in [0.25, 0.3) is 43.6 Å². The van der Waals surface area contributed by atoms with Crippen LogP contribution in [0.5, 0.6) is 0 Å². The number of rotatable bonds is 2. The number of hydrogen-bond donors (Lipinski definition) is 0. The standard InChI is InChI=1S/C21H12N2O2/c24-23(25)18-5-2-12-22-21(18)17-11-9-15-7-6-13-3-1-4-14-8-10-16(17)20(15)19(13)14/h1-12H. The van der Waals surface area contributed by atoms with Gasteiger partial charge in [0.25, 0.3) is 5.69 Å². The molecule has 0 saturated heterocycles. The normalized spacial score (nSPS) is 11.5. The summed E-state index contributed by atoms with van der Waals surface area (Å²) < 4.78 is 0. The first-order valence-electron chi connectivity index (χ1n) is 8.00. The zero-order valence-corrected chi connectivity index (χ0v) is 13.1. The second kappa shape index (κ2) is 4.98. The van der Waals surface area contributed by atoms with Gasteiger partial charge in [0.2, 0.25) is 0 Å². The fraction of sp³-hybridized carbons (Fsp3) is 0. The lowest BCUT2D eigenvalue weighted by atomic mass is 9.91. The second-order valence-electron chi connectivity index (χ2n) is 6.10. The molecule has 25 heavy (non-hydrogen) atoms. The largest absolute Gasteiger partial charge is 0.295 e. The summed E-state index contributed by atoms with van der Waals surface area (Å²) in [4.78, 5) is 15.4. The highest BCUT2D eigenvalue weighted by atomic mass is 16.6. The maximum atomic E-state index is 11.4. The molecule has 0 unspecified atom stereocenters. The second-order valence-corrected chi connectivity index (χ2v) is 6.10. The fourth-order valence-corrected chi connectivity index (χ4v) is 3.69. The van der Waals surface area contributed by atoms with E-state index in [4.69, 9.17) is 0 Å². The number of hydrogen-bond acceptors (Lipinski definition) is 3. The number of pyridine rings is 1.